The van der Waals surface area contributed by atoms with Crippen molar-refractivity contribution in [2.75, 3.05) is 0 Å². The Hall–Kier alpha value is -0.0862. The van der Waals surface area contributed by atoms with E-state index in [0.29, 0.717) is 0 Å². The zero-order chi connectivity index (χ0) is 11.4. The summed E-state index contributed by atoms with van der Waals surface area (Å²) in [6.45, 7) is 15.1. The second-order valence-corrected chi connectivity index (χ2v) is 17.1. The Morgan fingerprint density at radius 1 is 0.667 bits per heavy atom. The third kappa shape index (κ3) is 1.82. The van der Waals surface area contributed by atoms with Gasteiger partial charge in [-0.15, -0.1) is 0 Å². The highest BCUT2D eigenvalue weighted by Gasteiger charge is 2.40. The maximum atomic E-state index is 2.52. The maximum Gasteiger partial charge on any atom is 0.0773 e. The Balaban J connectivity index is 2.52. The summed E-state index contributed by atoms with van der Waals surface area (Å²) in [4.78, 5) is 0. The van der Waals surface area contributed by atoms with Gasteiger partial charge in [-0.25, -0.2) is 0 Å². The first-order valence-corrected chi connectivity index (χ1v) is 13.2. The zero-order valence-corrected chi connectivity index (χ0v) is 13.1. The molecule has 1 saturated carbocycles. The van der Waals surface area contributed by atoms with Crippen LogP contribution in [0.2, 0.25) is 39.3 Å². The van der Waals surface area contributed by atoms with Crippen molar-refractivity contribution in [1.82, 2.24) is 0 Å². The lowest BCUT2D eigenvalue weighted by molar-refractivity contribution is 1.02. The molecule has 2 aliphatic rings. The van der Waals surface area contributed by atoms with E-state index in [9.17, 15) is 0 Å². The standard InChI is InChI=1S/C13H24Si2/c1-14(2,3)12-10-7-8-11(9-10)13(12)15(4,5)6/h7-9H2,1-6H3. The van der Waals surface area contributed by atoms with Crippen LogP contribution < -0.4 is 0 Å². The highest BCUT2D eigenvalue weighted by Crippen LogP contribution is 2.49. The van der Waals surface area contributed by atoms with E-state index < -0.39 is 16.1 Å². The predicted molar refractivity (Wildman–Crippen MR) is 74.6 cm³/mol. The van der Waals surface area contributed by atoms with E-state index in [0.717, 1.165) is 0 Å². The van der Waals surface area contributed by atoms with Crippen LogP contribution in [0.5, 0.6) is 0 Å². The van der Waals surface area contributed by atoms with Crippen LogP contribution in [0.15, 0.2) is 21.5 Å². The lowest BCUT2D eigenvalue weighted by atomic mass is 10.2. The second kappa shape index (κ2) is 3.20. The van der Waals surface area contributed by atoms with Crippen molar-refractivity contribution >= 4 is 16.1 Å². The first-order valence-electron chi connectivity index (χ1n) is 6.16. The van der Waals surface area contributed by atoms with Crippen molar-refractivity contribution in [3.63, 3.8) is 0 Å². The average molecular weight is 237 g/mol. The molecule has 0 nitrogen and oxygen atoms in total. The number of allylic oxidation sites excluding steroid dienone is 4. The maximum absolute atomic E-state index is 2.52. The predicted octanol–water partition coefficient (Wildman–Crippen LogP) is 4.53. The van der Waals surface area contributed by atoms with E-state index in [1.165, 1.54) is 19.3 Å². The fourth-order valence-corrected chi connectivity index (χ4v) is 9.98. The molecular weight excluding hydrogens is 212 g/mol. The van der Waals surface area contributed by atoms with Gasteiger partial charge in [0, 0.05) is 0 Å². The van der Waals surface area contributed by atoms with Gasteiger partial charge < -0.3 is 0 Å². The molecule has 2 bridgehead atoms. The Bertz CT molecular complexity index is 323. The number of fused-ring (bicyclic) bond motifs is 2. The summed E-state index contributed by atoms with van der Waals surface area (Å²) >= 11 is 0. The molecule has 1 fully saturated rings. The summed E-state index contributed by atoms with van der Waals surface area (Å²) in [5.41, 5.74) is 3.67. The Labute approximate surface area is 96.5 Å². The van der Waals surface area contributed by atoms with Gasteiger partial charge >= 0.3 is 0 Å². The molecule has 15 heavy (non-hydrogen) atoms. The van der Waals surface area contributed by atoms with Crippen LogP contribution >= 0.6 is 0 Å². The van der Waals surface area contributed by atoms with E-state index >= 15 is 0 Å². The fraction of sp³-hybridized carbons (Fsp3) is 0.692. The minimum Gasteiger partial charge on any atom is -0.0667 e. The summed E-state index contributed by atoms with van der Waals surface area (Å²) in [7, 11) is -2.19. The second-order valence-electron chi connectivity index (χ2n) is 7.13. The molecule has 0 saturated heterocycles. The molecule has 2 heteroatoms. The molecule has 0 aliphatic heterocycles. The van der Waals surface area contributed by atoms with Gasteiger partial charge in [-0.05, 0) is 19.3 Å². The van der Waals surface area contributed by atoms with Crippen molar-refractivity contribution in [3.8, 4) is 0 Å². The van der Waals surface area contributed by atoms with E-state index in [-0.39, 0.29) is 0 Å². The molecule has 0 radical (unpaired) electrons. The quantitative estimate of drug-likeness (QED) is 0.618. The van der Waals surface area contributed by atoms with Crippen LogP contribution in [0.25, 0.3) is 0 Å². The highest BCUT2D eigenvalue weighted by molar-refractivity contribution is 6.92. The van der Waals surface area contributed by atoms with Gasteiger partial charge in [-0.3, -0.25) is 0 Å². The molecule has 0 spiro atoms. The molecule has 0 unspecified atom stereocenters. The van der Waals surface area contributed by atoms with Crippen molar-refractivity contribution in [3.05, 3.63) is 21.5 Å². The molecule has 0 aromatic rings. The Morgan fingerprint density at radius 2 is 1.00 bits per heavy atom. The summed E-state index contributed by atoms with van der Waals surface area (Å²) in [5.74, 6) is 0. The largest absolute Gasteiger partial charge is 0.0773 e. The number of rotatable bonds is 2. The van der Waals surface area contributed by atoms with Crippen molar-refractivity contribution < 1.29 is 0 Å². The number of hydrogen-bond acceptors (Lipinski definition) is 0. The average Bonchev–Trinajstić information content (AvgIpc) is 2.56. The topological polar surface area (TPSA) is 0 Å². The van der Waals surface area contributed by atoms with E-state index in [1.807, 2.05) is 21.5 Å². The van der Waals surface area contributed by atoms with Gasteiger partial charge in [-0.2, -0.15) is 0 Å². The fourth-order valence-electron chi connectivity index (χ4n) is 3.33. The van der Waals surface area contributed by atoms with Crippen molar-refractivity contribution in [2.24, 2.45) is 0 Å². The van der Waals surface area contributed by atoms with E-state index in [2.05, 4.69) is 39.3 Å². The molecule has 0 heterocycles. The van der Waals surface area contributed by atoms with Crippen LogP contribution in [0.4, 0.5) is 0 Å². The lowest BCUT2D eigenvalue weighted by Gasteiger charge is -2.32. The summed E-state index contributed by atoms with van der Waals surface area (Å²) in [5, 5.41) is 3.78. The smallest absolute Gasteiger partial charge is 0.0667 e. The van der Waals surface area contributed by atoms with E-state index in [4.69, 9.17) is 0 Å². The monoisotopic (exact) mass is 236 g/mol. The molecule has 84 valence electrons. The van der Waals surface area contributed by atoms with Crippen molar-refractivity contribution in [1.29, 1.82) is 0 Å². The van der Waals surface area contributed by atoms with Crippen LogP contribution in [0, 0.1) is 0 Å². The lowest BCUT2D eigenvalue weighted by Crippen LogP contribution is -2.35. The van der Waals surface area contributed by atoms with Gasteiger partial charge in [0.25, 0.3) is 0 Å². The van der Waals surface area contributed by atoms with E-state index in [1.54, 1.807) is 0 Å². The minimum absolute atomic E-state index is 1.09. The Morgan fingerprint density at radius 3 is 1.27 bits per heavy atom. The molecule has 0 N–H and O–H groups in total. The SMILES string of the molecule is C[Si](C)(C)C1=C2CCC(=C1[Si](C)(C)C)C2. The van der Waals surface area contributed by atoms with Crippen LogP contribution in [-0.2, 0) is 0 Å². The highest BCUT2D eigenvalue weighted by atomic mass is 28.3. The third-order valence-corrected chi connectivity index (χ3v) is 8.07. The molecular formula is C13H24Si2. The van der Waals surface area contributed by atoms with Gasteiger partial charge in [0.15, 0.2) is 0 Å². The van der Waals surface area contributed by atoms with Gasteiger partial charge in [-0.1, -0.05) is 60.8 Å². The normalized spacial score (nSPS) is 22.0. The summed E-state index contributed by atoms with van der Waals surface area (Å²) in [6, 6.07) is 0. The number of hydrogen-bond donors (Lipinski definition) is 0. The van der Waals surface area contributed by atoms with Crippen LogP contribution in [0.3, 0.4) is 0 Å². The van der Waals surface area contributed by atoms with Crippen LogP contribution in [0.1, 0.15) is 19.3 Å². The molecule has 2 aliphatic carbocycles. The van der Waals surface area contributed by atoms with Gasteiger partial charge in [0.2, 0.25) is 0 Å². The summed E-state index contributed by atoms with van der Waals surface area (Å²) < 4.78 is 0. The first kappa shape index (κ1) is 11.4. The molecule has 0 amide bonds. The Kier molecular flexibility index (Phi) is 2.43. The van der Waals surface area contributed by atoms with Gasteiger partial charge in [0.05, 0.1) is 16.1 Å². The zero-order valence-electron chi connectivity index (χ0n) is 11.1. The molecule has 0 aromatic carbocycles. The third-order valence-electron chi connectivity index (χ3n) is 3.61. The first-order chi connectivity index (χ1) is 6.71. The van der Waals surface area contributed by atoms with Crippen molar-refractivity contribution in [2.45, 2.75) is 58.5 Å². The minimum atomic E-state index is -1.09. The molecule has 0 atom stereocenters. The summed E-state index contributed by atoms with van der Waals surface area (Å²) in [6.07, 6.45) is 4.14. The van der Waals surface area contributed by atoms with Gasteiger partial charge in [0.1, 0.15) is 0 Å². The van der Waals surface area contributed by atoms with Crippen LogP contribution in [-0.4, -0.2) is 16.1 Å². The molecule has 2 rings (SSSR count). The molecule has 0 aromatic heterocycles.